The molecule has 0 aromatic rings. The van der Waals surface area contributed by atoms with Crippen molar-refractivity contribution in [1.29, 1.82) is 2.86 Å². The summed E-state index contributed by atoms with van der Waals surface area (Å²) in [6.07, 6.45) is 0.671. The Hall–Kier alpha value is -2.08. The maximum atomic E-state index is 10.7. The van der Waals surface area contributed by atoms with Crippen LogP contribution in [0.3, 0.4) is 0 Å². The van der Waals surface area contributed by atoms with Crippen molar-refractivity contribution in [1.82, 2.24) is 0 Å². The van der Waals surface area contributed by atoms with Gasteiger partial charge in [0.2, 0.25) is 2.86 Å². The summed E-state index contributed by atoms with van der Waals surface area (Å²) in [7, 11) is 4.08. The van der Waals surface area contributed by atoms with Gasteiger partial charge in [0.05, 0.1) is 45.7 Å². The van der Waals surface area contributed by atoms with E-state index in [1.165, 1.54) is 40.9 Å². The highest BCUT2D eigenvalue weighted by Gasteiger charge is 2.04. The standard InChI is InChI=1S/C8H14O3.C6H15N.C6H10O4.4C2H6.CH5N.2CH4O/c1-3-7(9)5-6-8(10)11-4-2;1-4-7(5-2)6-3;1-2-10-6(9)4-3-5(7)8;7*1-2/h3-6H2,1-2H3;4-6H2,1-3H3;2-4H2,1H3,(H,7,8);4*1-2H3;2H2,1H3;2*2H,1H3/i;;;2*1D;;;;2*2T. The van der Waals surface area contributed by atoms with Crippen molar-refractivity contribution < 1.29 is 51.6 Å². The summed E-state index contributed by atoms with van der Waals surface area (Å²) in [6, 6.07) is 0. The van der Waals surface area contributed by atoms with Crippen molar-refractivity contribution in [2.75, 3.05) is 54.1 Å². The molecule has 0 aromatic heterocycles. The van der Waals surface area contributed by atoms with E-state index >= 15 is 0 Å². The number of aliphatic hydroxyl groups is 2. The van der Waals surface area contributed by atoms with Gasteiger partial charge in [-0.25, -0.2) is 0 Å². The number of hydrogen-bond acceptors (Lipinski definition) is 10. The molecule has 0 atom stereocenters. The summed E-state index contributed by atoms with van der Waals surface area (Å²) < 4.78 is 32.9. The first-order chi connectivity index (χ1) is 21.9. The second-order valence-electron chi connectivity index (χ2n) is 5.68. The van der Waals surface area contributed by atoms with Gasteiger partial charge in [-0.05, 0) is 48.1 Å². The fourth-order valence-electron chi connectivity index (χ4n) is 1.84. The Morgan fingerprint density at radius 3 is 1.14 bits per heavy atom. The molecule has 0 heterocycles. The van der Waals surface area contributed by atoms with Crippen molar-refractivity contribution >= 4 is 23.7 Å². The number of ketones is 1. The number of esters is 2. The molecule has 0 spiro atoms. The third-order valence-electron chi connectivity index (χ3n) is 3.65. The molecular weight excluding hydrogens is 544 g/mol. The largest absolute Gasteiger partial charge is 0.550 e. The monoisotopic (exact) mass is 627 g/mol. The zero-order chi connectivity index (χ0) is 39.2. The molecule has 42 heavy (non-hydrogen) atoms. The molecule has 0 bridgehead atoms. The smallest absolute Gasteiger partial charge is 0.306 e. The summed E-state index contributed by atoms with van der Waals surface area (Å²) in [5.74, 6) is -1.90. The van der Waals surface area contributed by atoms with E-state index in [0.717, 1.165) is 0 Å². The number of ether oxygens (including phenoxy) is 2. The molecule has 0 saturated heterocycles. The van der Waals surface area contributed by atoms with Crippen LogP contribution in [0.25, 0.3) is 0 Å². The van der Waals surface area contributed by atoms with Gasteiger partial charge < -0.3 is 40.2 Å². The minimum atomic E-state index is -1.23. The summed E-state index contributed by atoms with van der Waals surface area (Å²) in [5, 5.41) is 16.8. The lowest BCUT2D eigenvalue weighted by Gasteiger charge is -2.10. The molecule has 0 amide bonds. The fourth-order valence-corrected chi connectivity index (χ4v) is 1.84. The second-order valence-corrected chi connectivity index (χ2v) is 5.68. The zero-order valence-electron chi connectivity index (χ0n) is 34.2. The van der Waals surface area contributed by atoms with Crippen molar-refractivity contribution in [3.63, 3.8) is 0 Å². The Morgan fingerprint density at radius 2 is 0.976 bits per heavy atom. The first-order valence-corrected chi connectivity index (χ1v) is 14.9. The molecule has 0 rings (SSSR count). The van der Waals surface area contributed by atoms with Gasteiger partial charge >= 0.3 is 11.9 Å². The second kappa shape index (κ2) is 90.1. The van der Waals surface area contributed by atoms with Gasteiger partial charge in [-0.3, -0.25) is 14.4 Å². The maximum absolute atomic E-state index is 10.7. The molecule has 0 aliphatic carbocycles. The van der Waals surface area contributed by atoms with E-state index in [9.17, 15) is 24.3 Å². The average molecular weight is 627 g/mol. The van der Waals surface area contributed by atoms with Crippen LogP contribution >= 0.6 is 0 Å². The first kappa shape index (κ1) is 52.6. The number of nitrogens with one attached hydrogen (secondary N) is 1. The topological polar surface area (TPSA) is 181 Å². The molecule has 11 heteroatoms. The molecule has 0 saturated carbocycles. The Morgan fingerprint density at radius 1 is 0.714 bits per heavy atom. The minimum absolute atomic E-state index is 0.101. The number of rotatable bonds is 12. The highest BCUT2D eigenvalue weighted by Crippen LogP contribution is 1.96. The molecular formula is C31H76N2O9. The van der Waals surface area contributed by atoms with E-state index in [1.54, 1.807) is 39.5 Å². The van der Waals surface area contributed by atoms with E-state index < -0.39 is 11.9 Å². The van der Waals surface area contributed by atoms with E-state index in [1.807, 2.05) is 27.7 Å². The number of carboxylic acid groups (broad SMARTS) is 1. The van der Waals surface area contributed by atoms with Gasteiger partial charge in [0, 0.05) is 35.8 Å². The van der Waals surface area contributed by atoms with Gasteiger partial charge in [0.15, 0.2) is 0 Å². The van der Waals surface area contributed by atoms with Crippen molar-refractivity contribution in [3.8, 4) is 0 Å². The van der Waals surface area contributed by atoms with Crippen LogP contribution in [-0.2, 0) is 28.7 Å². The van der Waals surface area contributed by atoms with Crippen LogP contribution in [0.15, 0.2) is 0 Å². The lowest BCUT2D eigenvalue weighted by atomic mass is 10.2. The lowest BCUT2D eigenvalue weighted by Crippen LogP contribution is -3.11. The number of carboxylic acids is 1. The van der Waals surface area contributed by atoms with E-state index in [0.29, 0.717) is 33.2 Å². The van der Waals surface area contributed by atoms with Crippen LogP contribution in [0.1, 0.15) is 132 Å². The van der Waals surface area contributed by atoms with Crippen LogP contribution in [0.4, 0.5) is 0 Å². The Balaban J connectivity index is -0.0000000425. The van der Waals surface area contributed by atoms with E-state index in [4.69, 9.17) is 5.60 Å². The minimum Gasteiger partial charge on any atom is -0.550 e. The summed E-state index contributed by atoms with van der Waals surface area (Å²) in [4.78, 5) is 43.3. The average Bonchev–Trinajstić information content (AvgIpc) is 3.05. The summed E-state index contributed by atoms with van der Waals surface area (Å²) >= 11 is 0. The number of aliphatic hydroxyl groups excluding tert-OH is 2. The third kappa shape index (κ3) is 108. The molecule has 0 aliphatic heterocycles. The number of nitrogens with two attached hydrogens (primary N) is 1. The maximum Gasteiger partial charge on any atom is 0.306 e. The third-order valence-corrected chi connectivity index (χ3v) is 3.65. The molecule has 0 aromatic carbocycles. The Kier molecular flexibility index (Phi) is 113. The van der Waals surface area contributed by atoms with Crippen molar-refractivity contribution in [2.45, 2.75) is 129 Å². The molecule has 5 N–H and O–H groups in total. The SMILES string of the molecule is CC.CC.CCOC(=O)CCC(=O)CC.CCOC(=O)CCC(=O)[O-].CC[NH+](CC)CC.CN.[2H]CC.[2H]CC.[3H]OC.[3H]OC. The summed E-state index contributed by atoms with van der Waals surface area (Å²) in [6.45, 7) is 28.9. The number of carbonyl (C=O) groups is 4. The lowest BCUT2D eigenvalue weighted by molar-refractivity contribution is -0.894. The van der Waals surface area contributed by atoms with Crippen LogP contribution in [-0.4, -0.2) is 90.9 Å². The number of quaternary nitrogens is 1. The first-order valence-electron chi connectivity index (χ1n) is 17.1. The van der Waals surface area contributed by atoms with Gasteiger partial charge in [-0.1, -0.05) is 62.3 Å². The Bertz CT molecular complexity index is 495. The fraction of sp³-hybridized carbons (Fsp3) is 0.871. The van der Waals surface area contributed by atoms with Crippen LogP contribution in [0.5, 0.6) is 0 Å². The number of aliphatic carboxylic acids is 1. The van der Waals surface area contributed by atoms with Gasteiger partial charge in [-0.15, -0.1) is 0 Å². The van der Waals surface area contributed by atoms with Gasteiger partial charge in [-0.2, -0.15) is 0 Å². The van der Waals surface area contributed by atoms with Crippen molar-refractivity contribution in [2.24, 2.45) is 5.73 Å². The normalized spacial score (nSPS) is 8.50. The van der Waals surface area contributed by atoms with Crippen LogP contribution in [0, 0.1) is 0 Å². The Labute approximate surface area is 267 Å². The molecule has 11 nitrogen and oxygen atoms in total. The zero-order valence-corrected chi connectivity index (χ0v) is 30.2. The van der Waals surface area contributed by atoms with E-state index in [-0.39, 0.29) is 37.6 Å². The highest BCUT2D eigenvalue weighted by molar-refractivity contribution is 5.82. The quantitative estimate of drug-likeness (QED) is 0.235. The van der Waals surface area contributed by atoms with E-state index in [2.05, 4.69) is 46.2 Å². The van der Waals surface area contributed by atoms with Gasteiger partial charge in [0.25, 0.3) is 0 Å². The van der Waals surface area contributed by atoms with Crippen molar-refractivity contribution in [3.05, 3.63) is 0 Å². The number of Topliss-reactive ketones (excluding diaryl/α,β-unsaturated/α-hetero) is 1. The predicted octanol–water partition coefficient (Wildman–Crippen LogP) is 3.22. The van der Waals surface area contributed by atoms with Crippen LogP contribution in [0.2, 0.25) is 0 Å². The summed E-state index contributed by atoms with van der Waals surface area (Å²) in [5.41, 5.74) is 4.50. The molecule has 0 unspecified atom stereocenters. The molecule has 0 aliphatic rings. The predicted molar refractivity (Wildman–Crippen MR) is 176 cm³/mol. The molecule has 0 radical (unpaired) electrons. The number of hydrogen-bond donors (Lipinski definition) is 4. The number of carbonyl (C=O) groups excluding carboxylic acids is 4. The molecule has 0 fully saturated rings. The highest BCUT2D eigenvalue weighted by atomic mass is 16.5. The van der Waals surface area contributed by atoms with Gasteiger partial charge in [0.1, 0.15) is 5.78 Å². The van der Waals surface area contributed by atoms with Crippen LogP contribution < -0.4 is 15.7 Å². The molecule has 264 valence electrons.